The van der Waals surface area contributed by atoms with E-state index in [1.165, 1.54) is 19.1 Å². The maximum atomic E-state index is 11.3. The number of aliphatic imine (C=N–C) groups is 1. The van der Waals surface area contributed by atoms with Gasteiger partial charge in [0.25, 0.3) is 5.91 Å². The second-order valence-corrected chi connectivity index (χ2v) is 3.36. The van der Waals surface area contributed by atoms with E-state index in [4.69, 9.17) is 9.47 Å². The zero-order chi connectivity index (χ0) is 14.4. The molecule has 0 heterocycles. The van der Waals surface area contributed by atoms with Crippen LogP contribution in [0.5, 0.6) is 11.5 Å². The minimum absolute atomic E-state index is 0.00416. The summed E-state index contributed by atoms with van der Waals surface area (Å²) in [6.45, 7) is 2.32. The molecule has 0 saturated heterocycles. The van der Waals surface area contributed by atoms with Gasteiger partial charge in [-0.05, 0) is 18.2 Å². The second kappa shape index (κ2) is 6.23. The Labute approximate surface area is 107 Å². The Morgan fingerprint density at radius 3 is 2.16 bits per heavy atom. The smallest absolute Gasteiger partial charge is 0.308 e. The molecule has 1 amide bonds. The van der Waals surface area contributed by atoms with Crippen molar-refractivity contribution < 1.29 is 28.7 Å². The van der Waals surface area contributed by atoms with Crippen LogP contribution in [-0.2, 0) is 14.4 Å². The van der Waals surface area contributed by atoms with Gasteiger partial charge >= 0.3 is 11.9 Å². The first kappa shape index (κ1) is 14.3. The normalized spacial score (nSPS) is 9.16. The molecule has 7 nitrogen and oxygen atoms in total. The van der Waals surface area contributed by atoms with Crippen molar-refractivity contribution in [3.8, 4) is 11.5 Å². The molecule has 19 heavy (non-hydrogen) atoms. The van der Waals surface area contributed by atoms with Crippen LogP contribution in [-0.4, -0.2) is 23.9 Å². The Kier molecular flexibility index (Phi) is 4.68. The largest absolute Gasteiger partial charge is 0.423 e. The minimum atomic E-state index is -0.849. The fourth-order valence-electron chi connectivity index (χ4n) is 1.22. The van der Waals surface area contributed by atoms with Gasteiger partial charge < -0.3 is 9.47 Å². The van der Waals surface area contributed by atoms with Crippen molar-refractivity contribution in [2.45, 2.75) is 13.8 Å². The van der Waals surface area contributed by atoms with Crippen molar-refractivity contribution in [1.82, 2.24) is 0 Å². The van der Waals surface area contributed by atoms with Crippen molar-refractivity contribution >= 4 is 23.9 Å². The van der Waals surface area contributed by atoms with Crippen LogP contribution < -0.4 is 9.47 Å². The quantitative estimate of drug-likeness (QED) is 0.349. The van der Waals surface area contributed by atoms with E-state index in [9.17, 15) is 19.2 Å². The van der Waals surface area contributed by atoms with Crippen LogP contribution in [0.3, 0.4) is 0 Å². The van der Waals surface area contributed by atoms with E-state index in [0.717, 1.165) is 19.1 Å². The van der Waals surface area contributed by atoms with Gasteiger partial charge in [0.15, 0.2) is 11.5 Å². The van der Waals surface area contributed by atoms with Crippen LogP contribution >= 0.6 is 0 Å². The number of ether oxygens (including phenoxy) is 2. The molecule has 0 atom stereocenters. The summed E-state index contributed by atoms with van der Waals surface area (Å²) in [6, 6.07) is 3.67. The van der Waals surface area contributed by atoms with E-state index in [1.54, 1.807) is 0 Å². The van der Waals surface area contributed by atoms with Gasteiger partial charge in [0.05, 0.1) is 0 Å². The molecule has 0 aliphatic heterocycles. The molecule has 0 unspecified atom stereocenters. The predicted octanol–water partition coefficient (Wildman–Crippen LogP) is 1.01. The Hall–Kier alpha value is -2.79. The highest BCUT2D eigenvalue weighted by Gasteiger charge is 2.14. The lowest BCUT2D eigenvalue weighted by Gasteiger charge is -2.08. The Morgan fingerprint density at radius 1 is 1.05 bits per heavy atom. The van der Waals surface area contributed by atoms with E-state index in [0.29, 0.717) is 0 Å². The van der Waals surface area contributed by atoms with Gasteiger partial charge in [0, 0.05) is 19.4 Å². The Balaban J connectivity index is 3.21. The molecule has 0 bridgehead atoms. The molecule has 0 aliphatic carbocycles. The number of carbonyl (C=O) groups excluding carboxylic acids is 4. The highest BCUT2D eigenvalue weighted by atomic mass is 16.6. The highest BCUT2D eigenvalue weighted by Crippen LogP contribution is 2.29. The number of carbonyl (C=O) groups is 3. The summed E-state index contributed by atoms with van der Waals surface area (Å²) >= 11 is 0. The molecule has 1 aromatic rings. The molecule has 0 aromatic heterocycles. The SMILES string of the molecule is CC(=O)Oc1ccc(C(=O)N=C=O)cc1OC(C)=O. The maximum Gasteiger partial charge on any atom is 0.308 e. The number of esters is 2. The summed E-state index contributed by atoms with van der Waals surface area (Å²) in [6.07, 6.45) is 1.11. The maximum absolute atomic E-state index is 11.3. The third-order valence-corrected chi connectivity index (χ3v) is 1.85. The predicted molar refractivity (Wildman–Crippen MR) is 61.5 cm³/mol. The molecule has 0 saturated carbocycles. The molecule has 1 aromatic carbocycles. The van der Waals surface area contributed by atoms with Gasteiger partial charge in [0.2, 0.25) is 6.08 Å². The first-order chi connectivity index (χ1) is 8.93. The summed E-state index contributed by atoms with van der Waals surface area (Å²) < 4.78 is 9.61. The van der Waals surface area contributed by atoms with Crippen molar-refractivity contribution in [3.63, 3.8) is 0 Å². The lowest BCUT2D eigenvalue weighted by molar-refractivity contribution is -0.134. The molecule has 0 spiro atoms. The number of amides is 1. The van der Waals surface area contributed by atoms with Gasteiger partial charge in [0.1, 0.15) is 0 Å². The van der Waals surface area contributed by atoms with E-state index in [1.807, 2.05) is 0 Å². The number of isocyanates is 1. The number of hydrogen-bond acceptors (Lipinski definition) is 6. The summed E-state index contributed by atoms with van der Waals surface area (Å²) in [5.74, 6) is -2.25. The van der Waals surface area contributed by atoms with Crippen LogP contribution in [0, 0.1) is 0 Å². The molecule has 0 N–H and O–H groups in total. The molecule has 7 heteroatoms. The average Bonchev–Trinajstić information content (AvgIpc) is 2.30. The van der Waals surface area contributed by atoms with E-state index >= 15 is 0 Å². The van der Waals surface area contributed by atoms with Crippen molar-refractivity contribution in [3.05, 3.63) is 23.8 Å². The van der Waals surface area contributed by atoms with E-state index in [-0.39, 0.29) is 17.1 Å². The molecular weight excluding hydrogens is 254 g/mol. The van der Waals surface area contributed by atoms with Crippen LogP contribution in [0.2, 0.25) is 0 Å². The summed E-state index contributed by atoms with van der Waals surface area (Å²) in [5.41, 5.74) is -0.00416. The molecule has 0 aliphatic rings. The monoisotopic (exact) mass is 263 g/mol. The van der Waals surface area contributed by atoms with Gasteiger partial charge in [-0.15, -0.1) is 4.99 Å². The fourth-order valence-corrected chi connectivity index (χ4v) is 1.22. The topological polar surface area (TPSA) is 99.1 Å². The molecule has 0 radical (unpaired) electrons. The summed E-state index contributed by atoms with van der Waals surface area (Å²) in [7, 11) is 0. The van der Waals surface area contributed by atoms with Gasteiger partial charge in [-0.25, -0.2) is 4.79 Å². The summed E-state index contributed by atoms with van der Waals surface area (Å²) in [5, 5.41) is 0. The standard InChI is InChI=1S/C12H9NO6/c1-7(15)18-10-4-3-9(12(17)13-6-14)5-11(10)19-8(2)16/h3-5H,1-2H3. The first-order valence-electron chi connectivity index (χ1n) is 5.07. The third kappa shape index (κ3) is 4.18. The lowest BCUT2D eigenvalue weighted by Crippen LogP contribution is -2.08. The fraction of sp³-hybridized carbons (Fsp3) is 0.167. The lowest BCUT2D eigenvalue weighted by atomic mass is 10.2. The van der Waals surface area contributed by atoms with Crippen LogP contribution in [0.4, 0.5) is 0 Å². The van der Waals surface area contributed by atoms with Gasteiger partial charge in [-0.2, -0.15) is 0 Å². The van der Waals surface area contributed by atoms with Gasteiger partial charge in [-0.1, -0.05) is 0 Å². The molecule has 0 fully saturated rings. The van der Waals surface area contributed by atoms with Crippen LogP contribution in [0.25, 0.3) is 0 Å². The zero-order valence-electron chi connectivity index (χ0n) is 10.1. The van der Waals surface area contributed by atoms with Gasteiger partial charge in [-0.3, -0.25) is 14.4 Å². The Bertz CT molecular complexity index is 586. The summed E-state index contributed by atoms with van der Waals surface area (Å²) in [4.78, 5) is 46.0. The zero-order valence-corrected chi connectivity index (χ0v) is 10.1. The third-order valence-electron chi connectivity index (χ3n) is 1.85. The number of rotatable bonds is 3. The van der Waals surface area contributed by atoms with Crippen LogP contribution in [0.15, 0.2) is 23.2 Å². The van der Waals surface area contributed by atoms with Crippen LogP contribution in [0.1, 0.15) is 24.2 Å². The minimum Gasteiger partial charge on any atom is -0.423 e. The molecule has 1 rings (SSSR count). The highest BCUT2D eigenvalue weighted by molar-refractivity contribution is 5.98. The number of benzene rings is 1. The first-order valence-corrected chi connectivity index (χ1v) is 5.07. The molecular formula is C12H9NO6. The van der Waals surface area contributed by atoms with Crippen molar-refractivity contribution in [2.75, 3.05) is 0 Å². The van der Waals surface area contributed by atoms with E-state index in [2.05, 4.69) is 4.99 Å². The van der Waals surface area contributed by atoms with Crippen molar-refractivity contribution in [2.24, 2.45) is 4.99 Å². The second-order valence-electron chi connectivity index (χ2n) is 3.36. The van der Waals surface area contributed by atoms with Crippen molar-refractivity contribution in [1.29, 1.82) is 0 Å². The average molecular weight is 263 g/mol. The Morgan fingerprint density at radius 2 is 1.63 bits per heavy atom. The van der Waals surface area contributed by atoms with E-state index < -0.39 is 17.8 Å². The number of hydrogen-bond donors (Lipinski definition) is 0. The number of nitrogens with zero attached hydrogens (tertiary/aromatic N) is 1. The molecule has 98 valence electrons.